The van der Waals surface area contributed by atoms with E-state index in [4.69, 9.17) is 16.0 Å². The van der Waals surface area contributed by atoms with Crippen LogP contribution in [0.4, 0.5) is 4.79 Å². The van der Waals surface area contributed by atoms with Gasteiger partial charge in [0.2, 0.25) is 11.8 Å². The van der Waals surface area contributed by atoms with Gasteiger partial charge in [0, 0.05) is 29.6 Å². The van der Waals surface area contributed by atoms with Gasteiger partial charge < -0.3 is 14.4 Å². The van der Waals surface area contributed by atoms with Crippen LogP contribution in [-0.4, -0.2) is 38.9 Å². The number of hydrogen-bond acceptors (Lipinski definition) is 4. The van der Waals surface area contributed by atoms with Crippen LogP contribution in [0.5, 0.6) is 0 Å². The zero-order chi connectivity index (χ0) is 15.5. The van der Waals surface area contributed by atoms with E-state index in [-0.39, 0.29) is 6.04 Å². The van der Waals surface area contributed by atoms with Crippen molar-refractivity contribution < 1.29 is 14.3 Å². The number of halogens is 1. The third kappa shape index (κ3) is 3.22. The Morgan fingerprint density at radius 2 is 2.09 bits per heavy atom. The predicted octanol–water partition coefficient (Wildman–Crippen LogP) is 3.47. The Kier molecular flexibility index (Phi) is 4.29. The number of nitrogens with zero attached hydrogens (tertiary/aromatic N) is 3. The van der Waals surface area contributed by atoms with E-state index in [2.05, 4.69) is 10.2 Å². The van der Waals surface area contributed by atoms with Crippen LogP contribution in [0.2, 0.25) is 5.02 Å². The number of rotatable bonds is 3. The Labute approximate surface area is 132 Å². The summed E-state index contributed by atoms with van der Waals surface area (Å²) in [4.78, 5) is 12.7. The number of likely N-dealkylation sites (tertiary alicyclic amines) is 1. The second kappa shape index (κ2) is 6.36. The molecule has 1 unspecified atom stereocenters. The Morgan fingerprint density at radius 1 is 1.32 bits per heavy atom. The Bertz CT molecular complexity index is 656. The Morgan fingerprint density at radius 3 is 2.82 bits per heavy atom. The fraction of sp³-hybridized carbons (Fsp3) is 0.400. The SMILES string of the molecule is O=C(O)N1CCCCC1Cc1nnc(-c2ccc(Cl)cc2)o1. The zero-order valence-electron chi connectivity index (χ0n) is 11.9. The van der Waals surface area contributed by atoms with E-state index in [9.17, 15) is 9.90 Å². The maximum Gasteiger partial charge on any atom is 0.407 e. The van der Waals surface area contributed by atoms with Crippen LogP contribution in [0.1, 0.15) is 25.2 Å². The van der Waals surface area contributed by atoms with Crippen molar-refractivity contribution in [1.29, 1.82) is 0 Å². The van der Waals surface area contributed by atoms with Gasteiger partial charge in [-0.25, -0.2) is 4.79 Å². The van der Waals surface area contributed by atoms with Gasteiger partial charge in [0.25, 0.3) is 0 Å². The summed E-state index contributed by atoms with van der Waals surface area (Å²) in [6, 6.07) is 7.04. The number of hydrogen-bond donors (Lipinski definition) is 1. The third-order valence-corrected chi connectivity index (χ3v) is 4.09. The second-order valence-electron chi connectivity index (χ2n) is 5.34. The monoisotopic (exact) mass is 321 g/mol. The van der Waals surface area contributed by atoms with Crippen LogP contribution >= 0.6 is 11.6 Å². The lowest BCUT2D eigenvalue weighted by Gasteiger charge is -2.32. The molecule has 1 fully saturated rings. The molecule has 1 N–H and O–H groups in total. The molecule has 0 spiro atoms. The highest BCUT2D eigenvalue weighted by atomic mass is 35.5. The summed E-state index contributed by atoms with van der Waals surface area (Å²) in [7, 11) is 0. The van der Waals surface area contributed by atoms with E-state index < -0.39 is 6.09 Å². The van der Waals surface area contributed by atoms with Gasteiger partial charge in [0.15, 0.2) is 0 Å². The summed E-state index contributed by atoms with van der Waals surface area (Å²) in [6.07, 6.45) is 2.31. The lowest BCUT2D eigenvalue weighted by molar-refractivity contribution is 0.104. The first kappa shape index (κ1) is 14.8. The van der Waals surface area contributed by atoms with Crippen molar-refractivity contribution in [3.8, 4) is 11.5 Å². The Hall–Kier alpha value is -2.08. The van der Waals surface area contributed by atoms with Gasteiger partial charge in [-0.2, -0.15) is 0 Å². The minimum Gasteiger partial charge on any atom is -0.465 e. The second-order valence-corrected chi connectivity index (χ2v) is 5.77. The summed E-state index contributed by atoms with van der Waals surface area (Å²) in [5.74, 6) is 0.882. The minimum atomic E-state index is -0.887. The number of amides is 1. The van der Waals surface area contributed by atoms with Gasteiger partial charge in [-0.3, -0.25) is 0 Å². The average Bonchev–Trinajstić information content (AvgIpc) is 2.97. The summed E-state index contributed by atoms with van der Waals surface area (Å²) in [5.41, 5.74) is 0.793. The van der Waals surface area contributed by atoms with Gasteiger partial charge in [0.05, 0.1) is 0 Å². The molecule has 1 amide bonds. The maximum atomic E-state index is 11.3. The van der Waals surface area contributed by atoms with Crippen molar-refractivity contribution in [3.63, 3.8) is 0 Å². The van der Waals surface area contributed by atoms with E-state index in [0.717, 1.165) is 24.8 Å². The first-order valence-corrected chi connectivity index (χ1v) is 7.59. The fourth-order valence-electron chi connectivity index (χ4n) is 2.71. The van der Waals surface area contributed by atoms with Crippen LogP contribution in [0.25, 0.3) is 11.5 Å². The summed E-state index contributed by atoms with van der Waals surface area (Å²) < 4.78 is 5.66. The van der Waals surface area contributed by atoms with E-state index >= 15 is 0 Å². The average molecular weight is 322 g/mol. The van der Waals surface area contributed by atoms with Gasteiger partial charge in [-0.1, -0.05) is 11.6 Å². The van der Waals surface area contributed by atoms with E-state index in [1.807, 2.05) is 12.1 Å². The quantitative estimate of drug-likeness (QED) is 0.936. The standard InChI is InChI=1S/C15H16ClN3O3/c16-11-6-4-10(5-7-11)14-18-17-13(22-14)9-12-3-1-2-8-19(12)15(20)21/h4-7,12H,1-3,8-9H2,(H,20,21). The van der Waals surface area contributed by atoms with Gasteiger partial charge in [-0.15, -0.1) is 10.2 Å². The molecular formula is C15H16ClN3O3. The fourth-order valence-corrected chi connectivity index (χ4v) is 2.84. The molecule has 1 aliphatic heterocycles. The first-order valence-electron chi connectivity index (χ1n) is 7.21. The molecule has 0 radical (unpaired) electrons. The van der Waals surface area contributed by atoms with Crippen LogP contribution < -0.4 is 0 Å². The van der Waals surface area contributed by atoms with Crippen molar-refractivity contribution >= 4 is 17.7 Å². The van der Waals surface area contributed by atoms with Gasteiger partial charge in [-0.05, 0) is 43.5 Å². The molecule has 3 rings (SSSR count). The van der Waals surface area contributed by atoms with Gasteiger partial charge in [0.1, 0.15) is 0 Å². The van der Waals surface area contributed by atoms with Crippen LogP contribution in [0.15, 0.2) is 28.7 Å². The molecule has 0 saturated carbocycles. The molecule has 1 aliphatic rings. The van der Waals surface area contributed by atoms with Crippen molar-refractivity contribution in [3.05, 3.63) is 35.2 Å². The number of aromatic nitrogens is 2. The molecule has 0 bridgehead atoms. The van der Waals surface area contributed by atoms with Crippen molar-refractivity contribution in [1.82, 2.24) is 15.1 Å². The van der Waals surface area contributed by atoms with Crippen molar-refractivity contribution in [2.75, 3.05) is 6.54 Å². The van der Waals surface area contributed by atoms with Gasteiger partial charge >= 0.3 is 6.09 Å². The smallest absolute Gasteiger partial charge is 0.407 e. The molecule has 22 heavy (non-hydrogen) atoms. The molecule has 1 aromatic heterocycles. The zero-order valence-corrected chi connectivity index (χ0v) is 12.7. The summed E-state index contributed by atoms with van der Waals surface area (Å²) >= 11 is 5.85. The lowest BCUT2D eigenvalue weighted by atomic mass is 10.00. The molecule has 1 aromatic carbocycles. The first-order chi connectivity index (χ1) is 10.6. The number of carboxylic acid groups (broad SMARTS) is 1. The van der Waals surface area contributed by atoms with E-state index in [0.29, 0.717) is 29.8 Å². The number of piperidine rings is 1. The summed E-state index contributed by atoms with van der Waals surface area (Å²) in [6.45, 7) is 0.568. The highest BCUT2D eigenvalue weighted by Gasteiger charge is 2.28. The molecule has 2 heterocycles. The minimum absolute atomic E-state index is 0.0928. The molecule has 1 saturated heterocycles. The third-order valence-electron chi connectivity index (χ3n) is 3.84. The summed E-state index contributed by atoms with van der Waals surface area (Å²) in [5, 5.41) is 17.9. The van der Waals surface area contributed by atoms with E-state index in [1.165, 1.54) is 4.90 Å². The maximum absolute atomic E-state index is 11.3. The van der Waals surface area contributed by atoms with E-state index in [1.54, 1.807) is 12.1 Å². The lowest BCUT2D eigenvalue weighted by Crippen LogP contribution is -2.44. The Balaban J connectivity index is 1.73. The molecule has 6 nitrogen and oxygen atoms in total. The highest BCUT2D eigenvalue weighted by molar-refractivity contribution is 6.30. The number of carbonyl (C=O) groups is 1. The predicted molar refractivity (Wildman–Crippen MR) is 80.8 cm³/mol. The molecular weight excluding hydrogens is 306 g/mol. The molecule has 1 atom stereocenters. The van der Waals surface area contributed by atoms with Crippen LogP contribution in [0, 0.1) is 0 Å². The topological polar surface area (TPSA) is 79.5 Å². The molecule has 2 aromatic rings. The highest BCUT2D eigenvalue weighted by Crippen LogP contribution is 2.23. The van der Waals surface area contributed by atoms with Crippen molar-refractivity contribution in [2.24, 2.45) is 0 Å². The molecule has 116 valence electrons. The molecule has 7 heteroatoms. The molecule has 0 aliphatic carbocycles. The van der Waals surface area contributed by atoms with Crippen LogP contribution in [-0.2, 0) is 6.42 Å². The normalized spacial score (nSPS) is 18.4. The van der Waals surface area contributed by atoms with Crippen LogP contribution in [0.3, 0.4) is 0 Å². The largest absolute Gasteiger partial charge is 0.465 e. The number of benzene rings is 1. The van der Waals surface area contributed by atoms with Crippen molar-refractivity contribution in [2.45, 2.75) is 31.7 Å².